The van der Waals surface area contributed by atoms with Gasteiger partial charge in [0.05, 0.1) is 0 Å². The van der Waals surface area contributed by atoms with Gasteiger partial charge in [-0.1, -0.05) is 0 Å². The van der Waals surface area contributed by atoms with Gasteiger partial charge in [-0.3, -0.25) is 0 Å². The van der Waals surface area contributed by atoms with Crippen molar-refractivity contribution in [3.05, 3.63) is 0 Å². The first-order valence-electron chi connectivity index (χ1n) is 1.85. The molecule has 0 aromatic heterocycles. The van der Waals surface area contributed by atoms with E-state index < -0.39 is 0 Å². The minimum atomic E-state index is 1.27. The normalized spacial score (nSPS) is 7.80. The van der Waals surface area contributed by atoms with Gasteiger partial charge in [-0.2, -0.15) is 0 Å². The zero-order chi connectivity index (χ0) is 4.12. The van der Waals surface area contributed by atoms with E-state index in [1.165, 1.54) is 12.8 Å². The molecule has 0 saturated heterocycles. The van der Waals surface area contributed by atoms with Crippen molar-refractivity contribution in [1.29, 1.82) is 0 Å². The van der Waals surface area contributed by atoms with Crippen molar-refractivity contribution in [3.8, 4) is 0 Å². The zero-order valence-electron chi connectivity index (χ0n) is 3.40. The fourth-order valence-corrected chi connectivity index (χ4v) is 0.697. The fourth-order valence-electron chi connectivity index (χ4n) is 0.118. The molecule has 5 heavy (non-hydrogen) atoms. The maximum atomic E-state index is 2.19. The van der Waals surface area contributed by atoms with Crippen molar-refractivity contribution in [2.24, 2.45) is 0 Å². The number of rotatable bonds is 2. The Hall–Kier alpha value is 0.558. The van der Waals surface area contributed by atoms with Gasteiger partial charge in [0.15, 0.2) is 0 Å². The SMILES string of the molecule is CCC[CH]=[Mo+4]. The minimum absolute atomic E-state index is 1.27. The van der Waals surface area contributed by atoms with Gasteiger partial charge in [-0.25, -0.2) is 0 Å². The van der Waals surface area contributed by atoms with Crippen LogP contribution in [0.3, 0.4) is 0 Å². The van der Waals surface area contributed by atoms with Crippen LogP contribution in [0.5, 0.6) is 0 Å². The topological polar surface area (TPSA) is 0 Å². The van der Waals surface area contributed by atoms with E-state index in [2.05, 4.69) is 11.3 Å². The molecule has 0 aliphatic heterocycles. The molecular formula is C4H8Mo+4. The molecule has 0 atom stereocenters. The molecule has 0 radical (unpaired) electrons. The monoisotopic (exact) mass is 154 g/mol. The summed E-state index contributed by atoms with van der Waals surface area (Å²) in [5.74, 6) is 0. The molecule has 0 bridgehead atoms. The van der Waals surface area contributed by atoms with Crippen LogP contribution in [0.15, 0.2) is 0 Å². The Morgan fingerprint density at radius 1 is 1.80 bits per heavy atom. The second-order valence-corrected chi connectivity index (χ2v) is 1.77. The molecule has 0 fully saturated rings. The summed E-state index contributed by atoms with van der Waals surface area (Å²) in [5.41, 5.74) is 0. The van der Waals surface area contributed by atoms with E-state index in [1.54, 1.807) is 0 Å². The maximum absolute atomic E-state index is 2.19. The van der Waals surface area contributed by atoms with E-state index in [9.17, 15) is 0 Å². The van der Waals surface area contributed by atoms with Crippen molar-refractivity contribution in [2.75, 3.05) is 0 Å². The second-order valence-electron chi connectivity index (χ2n) is 0.955. The van der Waals surface area contributed by atoms with Crippen molar-refractivity contribution >= 4 is 4.40 Å². The summed E-state index contributed by atoms with van der Waals surface area (Å²) in [5, 5.41) is 0. The fraction of sp³-hybridized carbons (Fsp3) is 0.750. The van der Waals surface area contributed by atoms with Gasteiger partial charge in [-0.05, 0) is 0 Å². The molecule has 0 saturated carbocycles. The van der Waals surface area contributed by atoms with Crippen LogP contribution in [0.25, 0.3) is 0 Å². The van der Waals surface area contributed by atoms with Crippen LogP contribution in [-0.2, 0) is 19.4 Å². The second kappa shape index (κ2) is 4.56. The van der Waals surface area contributed by atoms with Gasteiger partial charge < -0.3 is 0 Å². The van der Waals surface area contributed by atoms with E-state index in [4.69, 9.17) is 0 Å². The zero-order valence-corrected chi connectivity index (χ0v) is 5.41. The van der Waals surface area contributed by atoms with Crippen LogP contribution in [0.4, 0.5) is 0 Å². The van der Waals surface area contributed by atoms with E-state index >= 15 is 0 Å². The first kappa shape index (κ1) is 5.56. The van der Waals surface area contributed by atoms with E-state index in [0.29, 0.717) is 0 Å². The van der Waals surface area contributed by atoms with Gasteiger partial charge in [0.25, 0.3) is 0 Å². The molecular weight excluding hydrogens is 144 g/mol. The van der Waals surface area contributed by atoms with Crippen LogP contribution in [0.2, 0.25) is 0 Å². The third-order valence-electron chi connectivity index (χ3n) is 0.407. The average Bonchev–Trinajstić information content (AvgIpc) is 1.41. The van der Waals surface area contributed by atoms with Crippen LogP contribution in [0.1, 0.15) is 19.8 Å². The number of hydrogen-bond donors (Lipinski definition) is 0. The van der Waals surface area contributed by atoms with Gasteiger partial charge in [0, 0.05) is 0 Å². The molecule has 0 aliphatic carbocycles. The molecule has 0 aromatic rings. The first-order valence-corrected chi connectivity index (χ1v) is 3.01. The van der Waals surface area contributed by atoms with E-state index in [1.807, 2.05) is 19.4 Å². The number of hydrogen-bond acceptors (Lipinski definition) is 0. The molecule has 26 valence electrons. The molecule has 0 N–H and O–H groups in total. The van der Waals surface area contributed by atoms with Crippen molar-refractivity contribution in [3.63, 3.8) is 0 Å². The van der Waals surface area contributed by atoms with Gasteiger partial charge in [0.2, 0.25) is 0 Å². The summed E-state index contributed by atoms with van der Waals surface area (Å²) >= 11 is 2.03. The Bertz CT molecular complexity index is 24.8. The molecule has 0 aromatic carbocycles. The first-order chi connectivity index (χ1) is 2.41. The molecule has 0 spiro atoms. The van der Waals surface area contributed by atoms with E-state index in [0.717, 1.165) is 0 Å². The molecule has 0 aliphatic rings. The van der Waals surface area contributed by atoms with Crippen molar-refractivity contribution in [1.82, 2.24) is 0 Å². The Balaban J connectivity index is 2.40. The van der Waals surface area contributed by atoms with Gasteiger partial charge >= 0.3 is 43.5 Å². The van der Waals surface area contributed by atoms with Crippen LogP contribution in [0, 0.1) is 0 Å². The quantitative estimate of drug-likeness (QED) is 0.520. The Morgan fingerprint density at radius 2 is 2.40 bits per heavy atom. The van der Waals surface area contributed by atoms with Crippen LogP contribution in [-0.4, -0.2) is 4.40 Å². The van der Waals surface area contributed by atoms with Gasteiger partial charge in [-0.15, -0.1) is 0 Å². The summed E-state index contributed by atoms with van der Waals surface area (Å²) < 4.78 is 2.19. The number of unbranched alkanes of at least 4 members (excludes halogenated alkanes) is 1. The standard InChI is InChI=1S/C4H8.Mo/c1-3-4-2;/h1H,3-4H2,2H3;/q;+4. The molecule has 0 amide bonds. The predicted molar refractivity (Wildman–Crippen MR) is 21.0 cm³/mol. The molecule has 0 unspecified atom stereocenters. The Kier molecular flexibility index (Phi) is 5.07. The third kappa shape index (κ3) is 4.56. The van der Waals surface area contributed by atoms with E-state index in [-0.39, 0.29) is 0 Å². The van der Waals surface area contributed by atoms with Crippen LogP contribution >= 0.6 is 0 Å². The Labute approximate surface area is 44.0 Å². The molecule has 0 heterocycles. The third-order valence-corrected chi connectivity index (χ3v) is 0.986. The Morgan fingerprint density at radius 3 is 2.40 bits per heavy atom. The van der Waals surface area contributed by atoms with Crippen LogP contribution < -0.4 is 0 Å². The van der Waals surface area contributed by atoms with Crippen molar-refractivity contribution < 1.29 is 19.4 Å². The summed E-state index contributed by atoms with van der Waals surface area (Å²) in [4.78, 5) is 0. The summed E-state index contributed by atoms with van der Waals surface area (Å²) in [6.45, 7) is 2.18. The summed E-state index contributed by atoms with van der Waals surface area (Å²) in [6, 6.07) is 0. The van der Waals surface area contributed by atoms with Crippen molar-refractivity contribution in [2.45, 2.75) is 19.8 Å². The molecule has 0 nitrogen and oxygen atoms in total. The summed E-state index contributed by atoms with van der Waals surface area (Å²) in [7, 11) is 0. The predicted octanol–water partition coefficient (Wildman–Crippen LogP) is 1.14. The molecule has 1 heteroatoms. The van der Waals surface area contributed by atoms with Gasteiger partial charge in [0.1, 0.15) is 0 Å². The molecule has 0 rings (SSSR count). The summed E-state index contributed by atoms with van der Waals surface area (Å²) in [6.07, 6.45) is 2.56. The average molecular weight is 152 g/mol.